The lowest BCUT2D eigenvalue weighted by atomic mass is 9.77. The maximum Gasteiger partial charge on any atom is 0.254 e. The van der Waals surface area contributed by atoms with Gasteiger partial charge in [-0.3, -0.25) is 14.8 Å². The van der Waals surface area contributed by atoms with Gasteiger partial charge in [0.05, 0.1) is 11.0 Å². The second-order valence-electron chi connectivity index (χ2n) is 7.00. The van der Waals surface area contributed by atoms with Crippen LogP contribution < -0.4 is 5.32 Å². The summed E-state index contributed by atoms with van der Waals surface area (Å²) in [6, 6.07) is 5.93. The number of fused-ring (bicyclic) bond motifs is 1. The highest BCUT2D eigenvalue weighted by Crippen LogP contribution is 2.42. The number of carbonyl (C=O) groups excluding carboxylic acids is 1. The van der Waals surface area contributed by atoms with E-state index in [1.165, 1.54) is 12.8 Å². The van der Waals surface area contributed by atoms with E-state index in [4.69, 9.17) is 0 Å². The Morgan fingerprint density at radius 1 is 1.22 bits per heavy atom. The van der Waals surface area contributed by atoms with Gasteiger partial charge in [0, 0.05) is 30.5 Å². The van der Waals surface area contributed by atoms with Crippen LogP contribution in [0.5, 0.6) is 0 Å². The molecular formula is C18H22N4O. The summed E-state index contributed by atoms with van der Waals surface area (Å²) in [5.41, 5.74) is 2.64. The van der Waals surface area contributed by atoms with Crippen LogP contribution in [0.3, 0.4) is 0 Å². The van der Waals surface area contributed by atoms with Gasteiger partial charge in [-0.25, -0.2) is 0 Å². The van der Waals surface area contributed by atoms with Gasteiger partial charge in [0.25, 0.3) is 5.91 Å². The molecule has 5 nitrogen and oxygen atoms in total. The third kappa shape index (κ3) is 2.59. The number of amides is 1. The van der Waals surface area contributed by atoms with Gasteiger partial charge in [-0.1, -0.05) is 0 Å². The topological polar surface area (TPSA) is 58.1 Å². The second-order valence-corrected chi connectivity index (χ2v) is 7.00. The molecule has 0 radical (unpaired) electrons. The summed E-state index contributed by atoms with van der Waals surface area (Å²) in [4.78, 5) is 23.6. The fourth-order valence-electron chi connectivity index (χ4n) is 4.17. The Bertz CT molecular complexity index is 739. The van der Waals surface area contributed by atoms with Crippen LogP contribution in [0.25, 0.3) is 11.0 Å². The SMILES string of the molecule is CC1CC2(CCNCC2)CN1C(=O)c1ccc2nccnc2c1. The van der Waals surface area contributed by atoms with Crippen LogP contribution in [0.15, 0.2) is 30.6 Å². The Labute approximate surface area is 136 Å². The van der Waals surface area contributed by atoms with Crippen LogP contribution in [-0.4, -0.2) is 46.5 Å². The number of benzene rings is 1. The van der Waals surface area contributed by atoms with Crippen molar-refractivity contribution in [2.45, 2.75) is 32.2 Å². The highest BCUT2D eigenvalue weighted by molar-refractivity contribution is 5.97. The molecule has 5 heteroatoms. The fourth-order valence-corrected chi connectivity index (χ4v) is 4.17. The predicted molar refractivity (Wildman–Crippen MR) is 89.2 cm³/mol. The van der Waals surface area contributed by atoms with E-state index in [0.717, 1.165) is 42.7 Å². The molecule has 1 aromatic heterocycles. The van der Waals surface area contributed by atoms with Gasteiger partial charge in [-0.15, -0.1) is 0 Å². The number of carbonyl (C=O) groups is 1. The molecule has 0 saturated carbocycles. The number of rotatable bonds is 1. The Balaban J connectivity index is 1.60. The molecule has 120 valence electrons. The molecule has 1 amide bonds. The molecule has 1 aromatic carbocycles. The van der Waals surface area contributed by atoms with E-state index >= 15 is 0 Å². The highest BCUT2D eigenvalue weighted by atomic mass is 16.2. The molecule has 2 aliphatic heterocycles. The summed E-state index contributed by atoms with van der Waals surface area (Å²) < 4.78 is 0. The van der Waals surface area contributed by atoms with Gasteiger partial charge < -0.3 is 10.2 Å². The zero-order chi connectivity index (χ0) is 15.9. The first-order valence-electron chi connectivity index (χ1n) is 8.39. The lowest BCUT2D eigenvalue weighted by Crippen LogP contribution is -2.40. The van der Waals surface area contributed by atoms with Crippen molar-refractivity contribution >= 4 is 16.9 Å². The van der Waals surface area contributed by atoms with E-state index in [1.54, 1.807) is 12.4 Å². The molecular weight excluding hydrogens is 288 g/mol. The molecule has 2 fully saturated rings. The third-order valence-corrected chi connectivity index (χ3v) is 5.41. The van der Waals surface area contributed by atoms with Crippen molar-refractivity contribution in [3.63, 3.8) is 0 Å². The molecule has 0 aliphatic carbocycles. The van der Waals surface area contributed by atoms with Crippen LogP contribution in [0.1, 0.15) is 36.5 Å². The number of nitrogens with one attached hydrogen (secondary N) is 1. The summed E-state index contributed by atoms with van der Waals surface area (Å²) in [7, 11) is 0. The van der Waals surface area contributed by atoms with Gasteiger partial charge >= 0.3 is 0 Å². The summed E-state index contributed by atoms with van der Waals surface area (Å²) in [6.45, 7) is 5.20. The zero-order valence-electron chi connectivity index (χ0n) is 13.5. The van der Waals surface area contributed by atoms with E-state index in [1.807, 2.05) is 18.2 Å². The Kier molecular flexibility index (Phi) is 3.53. The molecule has 2 aliphatic rings. The average Bonchev–Trinajstić information content (AvgIpc) is 2.90. The molecule has 2 aromatic rings. The maximum atomic E-state index is 13.0. The fraction of sp³-hybridized carbons (Fsp3) is 0.500. The number of nitrogens with zero attached hydrogens (tertiary/aromatic N) is 3. The smallest absolute Gasteiger partial charge is 0.254 e. The first kappa shape index (κ1) is 14.6. The summed E-state index contributed by atoms with van der Waals surface area (Å²) in [6.07, 6.45) is 6.80. The van der Waals surface area contributed by atoms with E-state index in [9.17, 15) is 4.79 Å². The van der Waals surface area contributed by atoms with Crippen LogP contribution >= 0.6 is 0 Å². The summed E-state index contributed by atoms with van der Waals surface area (Å²) >= 11 is 0. The molecule has 3 heterocycles. The zero-order valence-corrected chi connectivity index (χ0v) is 13.5. The monoisotopic (exact) mass is 310 g/mol. The van der Waals surface area contributed by atoms with Crippen LogP contribution in [0.2, 0.25) is 0 Å². The van der Waals surface area contributed by atoms with Crippen LogP contribution in [0.4, 0.5) is 0 Å². The maximum absolute atomic E-state index is 13.0. The molecule has 2 saturated heterocycles. The minimum Gasteiger partial charge on any atom is -0.335 e. The third-order valence-electron chi connectivity index (χ3n) is 5.41. The van der Waals surface area contributed by atoms with Crippen LogP contribution in [0, 0.1) is 5.41 Å². The number of piperidine rings is 1. The molecule has 4 rings (SSSR count). The molecule has 1 spiro atoms. The van der Waals surface area contributed by atoms with Gasteiger partial charge in [0.15, 0.2) is 0 Å². The number of hydrogen-bond donors (Lipinski definition) is 1. The second kappa shape index (κ2) is 5.57. The minimum absolute atomic E-state index is 0.125. The van der Waals surface area contributed by atoms with Crippen molar-refractivity contribution in [2.24, 2.45) is 5.41 Å². The van der Waals surface area contributed by atoms with Crippen molar-refractivity contribution in [3.8, 4) is 0 Å². The van der Waals surface area contributed by atoms with Crippen molar-refractivity contribution in [1.82, 2.24) is 20.2 Å². The normalized spacial score (nSPS) is 23.5. The minimum atomic E-state index is 0.125. The number of aromatic nitrogens is 2. The van der Waals surface area contributed by atoms with Crippen molar-refractivity contribution in [1.29, 1.82) is 0 Å². The quantitative estimate of drug-likeness (QED) is 0.877. The van der Waals surface area contributed by atoms with E-state index in [2.05, 4.69) is 27.1 Å². The first-order chi connectivity index (χ1) is 11.2. The number of hydrogen-bond acceptors (Lipinski definition) is 4. The molecule has 23 heavy (non-hydrogen) atoms. The standard InChI is InChI=1S/C18H22N4O/c1-13-11-18(4-6-19-7-5-18)12-22(13)17(23)14-2-3-15-16(10-14)21-9-8-20-15/h2-3,8-10,13,19H,4-7,11-12H2,1H3. The molecule has 1 N–H and O–H groups in total. The van der Waals surface area contributed by atoms with E-state index in [0.29, 0.717) is 11.5 Å². The van der Waals surface area contributed by atoms with Crippen molar-refractivity contribution in [2.75, 3.05) is 19.6 Å². The average molecular weight is 310 g/mol. The predicted octanol–water partition coefficient (Wildman–Crippen LogP) is 2.23. The summed E-state index contributed by atoms with van der Waals surface area (Å²) in [5, 5.41) is 3.43. The molecule has 1 atom stereocenters. The van der Waals surface area contributed by atoms with Gasteiger partial charge in [-0.05, 0) is 62.9 Å². The van der Waals surface area contributed by atoms with Crippen LogP contribution in [-0.2, 0) is 0 Å². The lowest BCUT2D eigenvalue weighted by Gasteiger charge is -2.33. The molecule has 0 bridgehead atoms. The largest absolute Gasteiger partial charge is 0.335 e. The van der Waals surface area contributed by atoms with Crippen molar-refractivity contribution < 1.29 is 4.79 Å². The molecule has 1 unspecified atom stereocenters. The Hall–Kier alpha value is -2.01. The first-order valence-corrected chi connectivity index (χ1v) is 8.39. The van der Waals surface area contributed by atoms with E-state index < -0.39 is 0 Å². The Morgan fingerprint density at radius 3 is 2.74 bits per heavy atom. The number of likely N-dealkylation sites (tertiary alicyclic amines) is 1. The van der Waals surface area contributed by atoms with Gasteiger partial charge in [-0.2, -0.15) is 0 Å². The highest BCUT2D eigenvalue weighted by Gasteiger charge is 2.44. The van der Waals surface area contributed by atoms with Crippen molar-refractivity contribution in [3.05, 3.63) is 36.2 Å². The Morgan fingerprint density at radius 2 is 1.96 bits per heavy atom. The lowest BCUT2D eigenvalue weighted by molar-refractivity contribution is 0.0723. The van der Waals surface area contributed by atoms with E-state index in [-0.39, 0.29) is 5.91 Å². The van der Waals surface area contributed by atoms with Gasteiger partial charge in [0.2, 0.25) is 0 Å². The van der Waals surface area contributed by atoms with Gasteiger partial charge in [0.1, 0.15) is 0 Å². The summed E-state index contributed by atoms with van der Waals surface area (Å²) in [5.74, 6) is 0.125.